The number of nitriles is 1. The van der Waals surface area contributed by atoms with Crippen LogP contribution < -0.4 is 20.3 Å². The van der Waals surface area contributed by atoms with Crippen molar-refractivity contribution < 1.29 is 13.2 Å². The summed E-state index contributed by atoms with van der Waals surface area (Å²) in [6.45, 7) is 7.66. The van der Waals surface area contributed by atoms with Crippen LogP contribution in [0.4, 0.5) is 17.1 Å². The van der Waals surface area contributed by atoms with Crippen LogP contribution in [0.5, 0.6) is 0 Å². The molecule has 1 amide bonds. The third-order valence-corrected chi connectivity index (χ3v) is 9.03. The number of hydrogen-bond acceptors (Lipinski definition) is 7. The fourth-order valence-electron chi connectivity index (χ4n) is 5.78. The fourth-order valence-corrected chi connectivity index (χ4v) is 6.53. The number of nitrogens with zero attached hydrogens (tertiary/aromatic N) is 4. The van der Waals surface area contributed by atoms with Gasteiger partial charge in [-0.05, 0) is 56.0 Å². The van der Waals surface area contributed by atoms with Gasteiger partial charge in [-0.2, -0.15) is 5.26 Å². The summed E-state index contributed by atoms with van der Waals surface area (Å²) in [4.78, 5) is 19.8. The van der Waals surface area contributed by atoms with E-state index in [1.807, 2.05) is 34.9 Å². The maximum absolute atomic E-state index is 13.6. The minimum Gasteiger partial charge on any atom is -0.382 e. The maximum atomic E-state index is 13.6. The van der Waals surface area contributed by atoms with E-state index in [9.17, 15) is 18.5 Å². The zero-order valence-electron chi connectivity index (χ0n) is 23.4. The number of benzene rings is 2. The quantitative estimate of drug-likeness (QED) is 0.465. The summed E-state index contributed by atoms with van der Waals surface area (Å²) in [5.41, 5.74) is 5.77. The topological polar surface area (TPSA) is 123 Å². The normalized spacial score (nSPS) is 16.2. The van der Waals surface area contributed by atoms with Gasteiger partial charge in [0.15, 0.2) is 0 Å². The third-order valence-electron chi connectivity index (χ3n) is 8.07. The number of piperazine rings is 1. The molecule has 3 N–H and O–H groups in total. The molecule has 0 unspecified atom stereocenters. The Bertz CT molecular complexity index is 1580. The van der Waals surface area contributed by atoms with Crippen molar-refractivity contribution in [1.82, 2.24) is 4.90 Å². The van der Waals surface area contributed by atoms with Crippen LogP contribution in [0.1, 0.15) is 39.9 Å². The highest BCUT2D eigenvalue weighted by molar-refractivity contribution is 7.89. The van der Waals surface area contributed by atoms with Gasteiger partial charge in [0.2, 0.25) is 10.0 Å². The van der Waals surface area contributed by atoms with Gasteiger partial charge in [-0.15, -0.1) is 0 Å². The van der Waals surface area contributed by atoms with Gasteiger partial charge in [0.25, 0.3) is 5.91 Å². The van der Waals surface area contributed by atoms with Crippen molar-refractivity contribution >= 4 is 33.0 Å². The molecular formula is C31H34N6O3S. The first kappa shape index (κ1) is 28.3. The van der Waals surface area contributed by atoms with E-state index in [1.54, 1.807) is 24.3 Å². The Kier molecular flexibility index (Phi) is 8.07. The minimum absolute atomic E-state index is 0.0269. The molecule has 212 valence electrons. The Balaban J connectivity index is 1.24. The number of carbonyl (C=O) groups is 1. The number of nitrogens with two attached hydrogens (primary N) is 1. The third kappa shape index (κ3) is 5.95. The zero-order valence-corrected chi connectivity index (χ0v) is 24.2. The van der Waals surface area contributed by atoms with Crippen molar-refractivity contribution in [2.24, 2.45) is 5.14 Å². The first-order valence-electron chi connectivity index (χ1n) is 13.8. The molecule has 2 heterocycles. The molecule has 0 aliphatic carbocycles. The predicted octanol–water partition coefficient (Wildman–Crippen LogP) is 3.47. The number of piperidine rings is 1. The number of sulfonamides is 1. The number of amides is 1. The molecule has 3 aromatic rings. The second kappa shape index (κ2) is 11.7. The van der Waals surface area contributed by atoms with Crippen LogP contribution in [0.15, 0.2) is 53.4 Å². The van der Waals surface area contributed by atoms with E-state index in [0.29, 0.717) is 43.0 Å². The van der Waals surface area contributed by atoms with Gasteiger partial charge >= 0.3 is 0 Å². The molecule has 3 aromatic carbocycles. The standard InChI is InChI=1S/C31H34N6O3S/c1-22-11-12-26(31(38)37-19-17-36(18-20-37)28-9-5-6-10-29(28)41(33,39)40)23(2)30(22)34-25-13-15-35(16-14-25)27-8-4-3-7-24(27)21-32/h5-12,25,34H,13-20H2,1-2H3,(H2,33,39,40). The van der Waals surface area contributed by atoms with Crippen molar-refractivity contribution in [2.45, 2.75) is 37.6 Å². The molecule has 2 aliphatic heterocycles. The Hall–Kier alpha value is -4.25. The maximum Gasteiger partial charge on any atom is 0.254 e. The smallest absolute Gasteiger partial charge is 0.254 e. The summed E-state index contributed by atoms with van der Waals surface area (Å²) in [6, 6.07) is 22.4. The first-order chi connectivity index (χ1) is 19.7. The highest BCUT2D eigenvalue weighted by Crippen LogP contribution is 2.30. The van der Waals surface area contributed by atoms with E-state index in [0.717, 1.165) is 48.4 Å². The SMILES string of the molecule is Cc1ccc(C(=O)N2CCN(c3ccccc3S(N)(=O)=O)CC2)c(C)c1NC1CCN(c2cc#ccc2C#N)CC1. The molecule has 0 aromatic heterocycles. The minimum atomic E-state index is -3.85. The molecule has 0 atom stereocenters. The zero-order chi connectivity index (χ0) is 29.1. The van der Waals surface area contributed by atoms with E-state index in [-0.39, 0.29) is 16.8 Å². The second-order valence-corrected chi connectivity index (χ2v) is 12.1. The first-order valence-corrected chi connectivity index (χ1v) is 15.3. The molecule has 2 aliphatic rings. The summed E-state index contributed by atoms with van der Waals surface area (Å²) < 4.78 is 24.1. The van der Waals surface area contributed by atoms with Crippen LogP contribution in [0.2, 0.25) is 0 Å². The molecule has 9 nitrogen and oxygen atoms in total. The van der Waals surface area contributed by atoms with Crippen molar-refractivity contribution in [2.75, 3.05) is 54.4 Å². The molecule has 5 rings (SSSR count). The van der Waals surface area contributed by atoms with Gasteiger partial charge in [-0.25, -0.2) is 13.6 Å². The van der Waals surface area contributed by atoms with Crippen molar-refractivity contribution in [3.63, 3.8) is 0 Å². The van der Waals surface area contributed by atoms with Gasteiger partial charge in [0, 0.05) is 68.7 Å². The molecule has 41 heavy (non-hydrogen) atoms. The van der Waals surface area contributed by atoms with Crippen LogP contribution in [0.3, 0.4) is 0 Å². The number of anilines is 3. The number of primary sulfonamides is 1. The molecule has 0 bridgehead atoms. The highest BCUT2D eigenvalue weighted by atomic mass is 32.2. The van der Waals surface area contributed by atoms with E-state index < -0.39 is 10.0 Å². The largest absolute Gasteiger partial charge is 0.382 e. The molecular weight excluding hydrogens is 536 g/mol. The van der Waals surface area contributed by atoms with E-state index in [1.165, 1.54) is 6.07 Å². The number of aryl methyl sites for hydroxylation is 1. The molecule has 10 heteroatoms. The summed E-state index contributed by atoms with van der Waals surface area (Å²) in [5.74, 6) is -0.0269. The number of para-hydroxylation sites is 1. The molecule has 2 fully saturated rings. The Morgan fingerprint density at radius 2 is 1.61 bits per heavy atom. The number of carbonyl (C=O) groups excluding carboxylic acids is 1. The lowest BCUT2D eigenvalue weighted by molar-refractivity contribution is 0.0746. The summed E-state index contributed by atoms with van der Waals surface area (Å²) in [6.07, 6.45) is 1.81. The van der Waals surface area contributed by atoms with Crippen molar-refractivity contribution in [1.29, 1.82) is 5.26 Å². The lowest BCUT2D eigenvalue weighted by Crippen LogP contribution is -2.49. The van der Waals surface area contributed by atoms with Crippen molar-refractivity contribution in [3.05, 3.63) is 82.9 Å². The molecule has 0 spiro atoms. The number of hydrogen-bond donors (Lipinski definition) is 2. The van der Waals surface area contributed by atoms with E-state index >= 15 is 0 Å². The van der Waals surface area contributed by atoms with Gasteiger partial charge < -0.3 is 20.0 Å². The lowest BCUT2D eigenvalue weighted by Gasteiger charge is -2.37. The highest BCUT2D eigenvalue weighted by Gasteiger charge is 2.28. The van der Waals surface area contributed by atoms with Crippen LogP contribution in [0.25, 0.3) is 0 Å². The summed E-state index contributed by atoms with van der Waals surface area (Å²) >= 11 is 0. The predicted molar refractivity (Wildman–Crippen MR) is 160 cm³/mol. The average molecular weight is 571 g/mol. The van der Waals surface area contributed by atoms with Gasteiger partial charge in [0.1, 0.15) is 11.0 Å². The Morgan fingerprint density at radius 3 is 2.29 bits per heavy atom. The second-order valence-electron chi connectivity index (χ2n) is 10.6. The number of rotatable bonds is 6. The van der Waals surface area contributed by atoms with E-state index in [2.05, 4.69) is 35.3 Å². The average Bonchev–Trinajstić information content (AvgIpc) is 2.99. The monoisotopic (exact) mass is 570 g/mol. The molecule has 2 saturated heterocycles. The van der Waals surface area contributed by atoms with Crippen molar-refractivity contribution in [3.8, 4) is 6.07 Å². The Morgan fingerprint density at radius 1 is 0.951 bits per heavy atom. The lowest BCUT2D eigenvalue weighted by atomic mass is 9.98. The van der Waals surface area contributed by atoms with Gasteiger partial charge in [-0.1, -0.05) is 30.3 Å². The fraction of sp³-hybridized carbons (Fsp3) is 0.355. The van der Waals surface area contributed by atoms with Crippen LogP contribution in [0, 0.1) is 37.3 Å². The van der Waals surface area contributed by atoms with Crippen LogP contribution >= 0.6 is 0 Å². The molecule has 0 saturated carbocycles. The van der Waals surface area contributed by atoms with Crippen LogP contribution in [-0.4, -0.2) is 64.5 Å². The summed E-state index contributed by atoms with van der Waals surface area (Å²) in [5, 5.41) is 18.6. The number of nitrogens with one attached hydrogen (secondary N) is 1. The van der Waals surface area contributed by atoms with Gasteiger partial charge in [-0.3, -0.25) is 4.79 Å². The van der Waals surface area contributed by atoms with Crippen LogP contribution in [-0.2, 0) is 10.0 Å². The van der Waals surface area contributed by atoms with Gasteiger partial charge in [0.05, 0.1) is 16.9 Å². The van der Waals surface area contributed by atoms with E-state index in [4.69, 9.17) is 5.14 Å². The molecule has 0 radical (unpaired) electrons. The summed E-state index contributed by atoms with van der Waals surface area (Å²) in [7, 11) is -3.85. The Labute approximate surface area is 242 Å².